The van der Waals surface area contributed by atoms with Gasteiger partial charge in [-0.05, 0) is 50.6 Å². The average Bonchev–Trinajstić information content (AvgIpc) is 2.97. The number of carbonyl (C=O) groups is 2. The lowest BCUT2D eigenvalue weighted by Gasteiger charge is -2.12. The number of carbonyl (C=O) groups excluding carboxylic acids is 2. The van der Waals surface area contributed by atoms with Crippen molar-refractivity contribution in [2.45, 2.75) is 26.7 Å². The number of nitrogens with zero attached hydrogens (tertiary/aromatic N) is 1. The Balaban J connectivity index is 2.33. The molecule has 0 amide bonds. The second kappa shape index (κ2) is 7.83. The van der Waals surface area contributed by atoms with Crippen molar-refractivity contribution in [3.05, 3.63) is 63.8 Å². The van der Waals surface area contributed by atoms with Gasteiger partial charge in [-0.2, -0.15) is 0 Å². The van der Waals surface area contributed by atoms with Crippen LogP contribution >= 0.6 is 11.6 Å². The summed E-state index contributed by atoms with van der Waals surface area (Å²) >= 11 is 5.86. The first kappa shape index (κ1) is 20.8. The van der Waals surface area contributed by atoms with Crippen LogP contribution < -0.4 is 0 Å². The van der Waals surface area contributed by atoms with Crippen molar-refractivity contribution in [3.63, 3.8) is 0 Å². The number of ether oxygens (including phenoxy) is 1. The molecule has 29 heavy (non-hydrogen) atoms. The topological polar surface area (TPSA) is 68.5 Å². The summed E-state index contributed by atoms with van der Waals surface area (Å²) < 4.78 is 35.1. The lowest BCUT2D eigenvalue weighted by Crippen LogP contribution is -2.16. The largest absolute Gasteiger partial charge is 0.503 e. The predicted molar refractivity (Wildman–Crippen MR) is 104 cm³/mol. The van der Waals surface area contributed by atoms with E-state index in [1.165, 1.54) is 38.1 Å². The molecule has 2 aromatic carbocycles. The smallest absolute Gasteiger partial charge is 0.313 e. The molecule has 0 bridgehead atoms. The van der Waals surface area contributed by atoms with Gasteiger partial charge in [0, 0.05) is 27.7 Å². The van der Waals surface area contributed by atoms with Gasteiger partial charge in [-0.3, -0.25) is 14.2 Å². The van der Waals surface area contributed by atoms with Gasteiger partial charge >= 0.3 is 5.97 Å². The van der Waals surface area contributed by atoms with E-state index >= 15 is 0 Å². The maximum atomic E-state index is 14.9. The van der Waals surface area contributed by atoms with Crippen molar-refractivity contribution in [2.24, 2.45) is 0 Å². The van der Waals surface area contributed by atoms with Crippen LogP contribution in [0.25, 0.3) is 10.9 Å². The summed E-state index contributed by atoms with van der Waals surface area (Å²) in [6.07, 6.45) is 0. The van der Waals surface area contributed by atoms with E-state index in [2.05, 4.69) is 0 Å². The molecule has 1 heterocycles. The molecule has 3 rings (SSSR count). The van der Waals surface area contributed by atoms with E-state index in [0.29, 0.717) is 5.02 Å². The van der Waals surface area contributed by atoms with Crippen LogP contribution in [0.3, 0.4) is 0 Å². The molecule has 3 aromatic rings. The summed E-state index contributed by atoms with van der Waals surface area (Å²) in [5.74, 6) is -5.76. The summed E-state index contributed by atoms with van der Waals surface area (Å²) in [4.78, 5) is 25.4. The van der Waals surface area contributed by atoms with Gasteiger partial charge in [-0.15, -0.1) is 0 Å². The minimum atomic E-state index is -1.24. The average molecular weight is 422 g/mol. The van der Waals surface area contributed by atoms with Crippen LogP contribution in [0, 0.1) is 18.6 Å². The Morgan fingerprint density at radius 3 is 2.45 bits per heavy atom. The standard InChI is InChI=1S/C21H18ClF2NO4/c1-4-29-21(28)10(2)16-11(3)25(20(27)12-5-7-13(22)8-6-12)15-9-14(23)19(26)18(24)17(15)16/h5-10,26H,4H2,1-3H3. The fraction of sp³-hybridized carbons (Fsp3) is 0.238. The zero-order valence-corrected chi connectivity index (χ0v) is 16.7. The normalized spacial score (nSPS) is 12.2. The van der Waals surface area contributed by atoms with Gasteiger partial charge in [0.2, 0.25) is 0 Å². The highest BCUT2D eigenvalue weighted by Gasteiger charge is 2.31. The molecular weight excluding hydrogens is 404 g/mol. The molecule has 0 fully saturated rings. The summed E-state index contributed by atoms with van der Waals surface area (Å²) in [6, 6.07) is 6.88. The van der Waals surface area contributed by atoms with Crippen molar-refractivity contribution >= 4 is 34.4 Å². The zero-order chi connectivity index (χ0) is 21.5. The van der Waals surface area contributed by atoms with Gasteiger partial charge in [0.1, 0.15) is 0 Å². The predicted octanol–water partition coefficient (Wildman–Crippen LogP) is 4.94. The molecule has 0 spiro atoms. The number of halogens is 3. The fourth-order valence-electron chi connectivity index (χ4n) is 3.41. The molecule has 0 aliphatic rings. The van der Waals surface area contributed by atoms with E-state index in [0.717, 1.165) is 10.6 Å². The number of benzene rings is 2. The number of hydrogen-bond donors (Lipinski definition) is 1. The third kappa shape index (κ3) is 3.46. The fourth-order valence-corrected chi connectivity index (χ4v) is 3.54. The van der Waals surface area contributed by atoms with Gasteiger partial charge in [0.15, 0.2) is 17.4 Å². The summed E-state index contributed by atoms with van der Waals surface area (Å²) in [5, 5.41) is 9.98. The van der Waals surface area contributed by atoms with Gasteiger partial charge in [0.05, 0.1) is 18.0 Å². The van der Waals surface area contributed by atoms with E-state index in [-0.39, 0.29) is 34.3 Å². The van der Waals surface area contributed by atoms with Gasteiger partial charge in [0.25, 0.3) is 5.91 Å². The Hall–Kier alpha value is -2.93. The lowest BCUT2D eigenvalue weighted by molar-refractivity contribution is -0.144. The first-order valence-electron chi connectivity index (χ1n) is 8.87. The lowest BCUT2D eigenvalue weighted by atomic mass is 9.97. The number of aromatic nitrogens is 1. The van der Waals surface area contributed by atoms with Crippen LogP contribution in [0.4, 0.5) is 8.78 Å². The molecule has 8 heteroatoms. The number of esters is 1. The van der Waals surface area contributed by atoms with Crippen LogP contribution in [0.5, 0.6) is 5.75 Å². The molecule has 5 nitrogen and oxygen atoms in total. The maximum absolute atomic E-state index is 14.9. The van der Waals surface area contributed by atoms with Crippen molar-refractivity contribution in [3.8, 4) is 5.75 Å². The Bertz CT molecular complexity index is 1120. The van der Waals surface area contributed by atoms with Crippen LogP contribution in [0.15, 0.2) is 30.3 Å². The van der Waals surface area contributed by atoms with Gasteiger partial charge in [-0.25, -0.2) is 8.78 Å². The molecule has 0 saturated heterocycles. The van der Waals surface area contributed by atoms with E-state index in [4.69, 9.17) is 16.3 Å². The zero-order valence-electron chi connectivity index (χ0n) is 15.9. The minimum absolute atomic E-state index is 0.0959. The molecule has 0 radical (unpaired) electrons. The maximum Gasteiger partial charge on any atom is 0.313 e. The Morgan fingerprint density at radius 2 is 1.86 bits per heavy atom. The van der Waals surface area contributed by atoms with Crippen LogP contribution in [0.1, 0.15) is 41.4 Å². The Labute approximate surface area is 170 Å². The number of aromatic hydroxyl groups is 1. The molecule has 0 aliphatic heterocycles. The van der Waals surface area contributed by atoms with Crippen LogP contribution in [-0.2, 0) is 9.53 Å². The van der Waals surface area contributed by atoms with E-state index in [9.17, 15) is 23.5 Å². The first-order chi connectivity index (χ1) is 13.7. The number of rotatable bonds is 4. The number of phenols is 1. The second-order valence-electron chi connectivity index (χ2n) is 6.54. The second-order valence-corrected chi connectivity index (χ2v) is 6.97. The van der Waals surface area contributed by atoms with E-state index in [1.54, 1.807) is 6.92 Å². The van der Waals surface area contributed by atoms with Gasteiger partial charge in [-0.1, -0.05) is 11.6 Å². The third-order valence-electron chi connectivity index (χ3n) is 4.78. The number of hydrogen-bond acceptors (Lipinski definition) is 4. The number of phenolic OH excluding ortho intramolecular Hbond substituents is 1. The van der Waals surface area contributed by atoms with Crippen molar-refractivity contribution in [2.75, 3.05) is 6.61 Å². The molecule has 1 unspecified atom stereocenters. The summed E-state index contributed by atoms with van der Waals surface area (Å²) in [7, 11) is 0. The SMILES string of the molecule is CCOC(=O)C(C)c1c(C)n(C(=O)c2ccc(Cl)cc2)c2cc(F)c(O)c(F)c12. The van der Waals surface area contributed by atoms with Crippen molar-refractivity contribution in [1.82, 2.24) is 4.57 Å². The highest BCUT2D eigenvalue weighted by atomic mass is 35.5. The molecule has 1 N–H and O–H groups in total. The van der Waals surface area contributed by atoms with E-state index < -0.39 is 35.2 Å². The molecule has 0 saturated carbocycles. The Kier molecular flexibility index (Phi) is 5.61. The Morgan fingerprint density at radius 1 is 1.24 bits per heavy atom. The summed E-state index contributed by atoms with van der Waals surface area (Å²) in [6.45, 7) is 4.77. The third-order valence-corrected chi connectivity index (χ3v) is 5.03. The molecule has 0 aliphatic carbocycles. The van der Waals surface area contributed by atoms with Crippen molar-refractivity contribution < 1.29 is 28.2 Å². The summed E-state index contributed by atoms with van der Waals surface area (Å²) in [5.41, 5.74) is 0.526. The first-order valence-corrected chi connectivity index (χ1v) is 9.25. The minimum Gasteiger partial charge on any atom is -0.503 e. The van der Waals surface area contributed by atoms with Crippen LogP contribution in [-0.4, -0.2) is 28.2 Å². The van der Waals surface area contributed by atoms with Crippen molar-refractivity contribution in [1.29, 1.82) is 0 Å². The van der Waals surface area contributed by atoms with Gasteiger partial charge < -0.3 is 9.84 Å². The van der Waals surface area contributed by atoms with E-state index in [1.807, 2.05) is 0 Å². The molecule has 1 atom stereocenters. The van der Waals surface area contributed by atoms with Crippen LogP contribution in [0.2, 0.25) is 5.02 Å². The molecule has 1 aromatic heterocycles. The number of fused-ring (bicyclic) bond motifs is 1. The highest BCUT2D eigenvalue weighted by molar-refractivity contribution is 6.30. The molecular formula is C21H18ClF2NO4. The quantitative estimate of drug-likeness (QED) is 0.606. The highest BCUT2D eigenvalue weighted by Crippen LogP contribution is 2.38. The molecule has 152 valence electrons. The monoisotopic (exact) mass is 421 g/mol.